The Hall–Kier alpha value is -1.71. The highest BCUT2D eigenvalue weighted by molar-refractivity contribution is 6.30. The van der Waals surface area contributed by atoms with E-state index in [1.165, 1.54) is 16.7 Å². The lowest BCUT2D eigenvalue weighted by atomic mass is 9.89. The van der Waals surface area contributed by atoms with Crippen molar-refractivity contribution in [1.82, 2.24) is 4.90 Å². The highest BCUT2D eigenvalue weighted by atomic mass is 35.5. The molecule has 0 amide bonds. The van der Waals surface area contributed by atoms with Crippen molar-refractivity contribution in [2.24, 2.45) is 0 Å². The van der Waals surface area contributed by atoms with Gasteiger partial charge in [0.25, 0.3) is 0 Å². The summed E-state index contributed by atoms with van der Waals surface area (Å²) in [7, 11) is 3.74. The van der Waals surface area contributed by atoms with Gasteiger partial charge in [0.05, 0.1) is 7.11 Å². The van der Waals surface area contributed by atoms with Crippen LogP contribution in [0.25, 0.3) is 0 Å². The smallest absolute Gasteiger partial charge is 0.160 e. The summed E-state index contributed by atoms with van der Waals surface area (Å²) >= 11 is 5.95. The van der Waals surface area contributed by atoms with E-state index in [4.69, 9.17) is 16.3 Å². The number of rotatable bonds is 4. The largest absolute Gasteiger partial charge is 0.504 e. The molecule has 0 unspecified atom stereocenters. The second-order valence-corrected chi connectivity index (χ2v) is 6.57. The molecule has 0 saturated heterocycles. The van der Waals surface area contributed by atoms with Crippen molar-refractivity contribution < 1.29 is 9.84 Å². The summed E-state index contributed by atoms with van der Waals surface area (Å²) in [4.78, 5) is 2.37. The maximum atomic E-state index is 10.1. The van der Waals surface area contributed by atoms with Gasteiger partial charge >= 0.3 is 0 Å². The fourth-order valence-electron chi connectivity index (χ4n) is 3.34. The Morgan fingerprint density at radius 1 is 1.26 bits per heavy atom. The summed E-state index contributed by atoms with van der Waals surface area (Å²) in [5, 5.41) is 10.9. The summed E-state index contributed by atoms with van der Waals surface area (Å²) in [5.74, 6) is 0.780. The number of ether oxygens (including phenoxy) is 1. The minimum atomic E-state index is 0.220. The van der Waals surface area contributed by atoms with Crippen LogP contribution in [0.3, 0.4) is 0 Å². The standard InChI is InChI=1S/C19H22ClNO2/c1-21-10-9-14-11-19(23-2)18(22)12-16(14)17(21)8-5-13-3-6-15(20)7-4-13/h3-4,6-7,11-12,17,22H,5,8-10H2,1-2H3/t17-/m1/s1. The van der Waals surface area contributed by atoms with Crippen LogP contribution >= 0.6 is 11.6 Å². The van der Waals surface area contributed by atoms with E-state index < -0.39 is 0 Å². The Bertz CT molecular complexity index is 685. The summed E-state index contributed by atoms with van der Waals surface area (Å²) in [6, 6.07) is 12.2. The molecule has 0 spiro atoms. The lowest BCUT2D eigenvalue weighted by molar-refractivity contribution is 0.218. The lowest BCUT2D eigenvalue weighted by Gasteiger charge is -2.35. The van der Waals surface area contributed by atoms with Crippen molar-refractivity contribution in [2.75, 3.05) is 20.7 Å². The highest BCUT2D eigenvalue weighted by Crippen LogP contribution is 2.38. The predicted octanol–water partition coefficient (Wildman–Crippen LogP) is 4.22. The van der Waals surface area contributed by atoms with Crippen LogP contribution in [0.15, 0.2) is 36.4 Å². The van der Waals surface area contributed by atoms with E-state index in [0.29, 0.717) is 11.8 Å². The zero-order valence-corrected chi connectivity index (χ0v) is 14.3. The van der Waals surface area contributed by atoms with Crippen molar-refractivity contribution >= 4 is 11.6 Å². The molecule has 0 fully saturated rings. The molecule has 0 aromatic heterocycles. The van der Waals surface area contributed by atoms with E-state index in [9.17, 15) is 5.11 Å². The van der Waals surface area contributed by atoms with Gasteiger partial charge in [0, 0.05) is 17.6 Å². The number of nitrogens with zero attached hydrogens (tertiary/aromatic N) is 1. The number of hydrogen-bond donors (Lipinski definition) is 1. The maximum absolute atomic E-state index is 10.1. The highest BCUT2D eigenvalue weighted by Gasteiger charge is 2.26. The lowest BCUT2D eigenvalue weighted by Crippen LogP contribution is -2.32. The summed E-state index contributed by atoms with van der Waals surface area (Å²) < 4.78 is 5.24. The van der Waals surface area contributed by atoms with E-state index >= 15 is 0 Å². The van der Waals surface area contributed by atoms with Crippen molar-refractivity contribution in [3.05, 3.63) is 58.1 Å². The third kappa shape index (κ3) is 3.46. The zero-order chi connectivity index (χ0) is 16.4. The van der Waals surface area contributed by atoms with Crippen LogP contribution in [0.5, 0.6) is 11.5 Å². The van der Waals surface area contributed by atoms with Gasteiger partial charge in [0.1, 0.15) is 0 Å². The maximum Gasteiger partial charge on any atom is 0.160 e. The normalized spacial score (nSPS) is 17.8. The molecule has 1 aliphatic rings. The molecule has 0 saturated carbocycles. The summed E-state index contributed by atoms with van der Waals surface area (Å²) in [6.07, 6.45) is 2.98. The average Bonchev–Trinajstić information content (AvgIpc) is 2.55. The van der Waals surface area contributed by atoms with Crippen molar-refractivity contribution in [3.63, 3.8) is 0 Å². The molecule has 1 N–H and O–H groups in total. The molecule has 122 valence electrons. The number of methoxy groups -OCH3 is 1. The molecule has 1 aliphatic heterocycles. The molecule has 0 radical (unpaired) electrons. The van der Waals surface area contributed by atoms with Crippen LogP contribution in [0.1, 0.15) is 29.2 Å². The minimum absolute atomic E-state index is 0.220. The molecule has 1 heterocycles. The number of halogens is 1. The fourth-order valence-corrected chi connectivity index (χ4v) is 3.46. The number of phenolic OH excluding ortho intramolecular Hbond substituents is 1. The van der Waals surface area contributed by atoms with Gasteiger partial charge in [-0.25, -0.2) is 0 Å². The Kier molecular flexibility index (Phi) is 4.79. The van der Waals surface area contributed by atoms with E-state index in [1.54, 1.807) is 7.11 Å². The molecule has 2 aromatic carbocycles. The van der Waals surface area contributed by atoms with Crippen molar-refractivity contribution in [1.29, 1.82) is 0 Å². The first-order chi connectivity index (χ1) is 11.1. The van der Waals surface area contributed by atoms with Gasteiger partial charge in [0.15, 0.2) is 11.5 Å². The fraction of sp³-hybridized carbons (Fsp3) is 0.368. The SMILES string of the molecule is COc1cc2c(cc1O)[C@@H](CCc1ccc(Cl)cc1)N(C)CC2. The zero-order valence-electron chi connectivity index (χ0n) is 13.6. The average molecular weight is 332 g/mol. The number of phenols is 1. The number of aryl methyl sites for hydroxylation is 1. The first-order valence-electron chi connectivity index (χ1n) is 7.93. The molecule has 4 heteroatoms. The van der Waals surface area contributed by atoms with Crippen LogP contribution in [-0.2, 0) is 12.8 Å². The third-order valence-electron chi connectivity index (χ3n) is 4.69. The van der Waals surface area contributed by atoms with Gasteiger partial charge in [-0.05, 0) is 67.3 Å². The van der Waals surface area contributed by atoms with E-state index in [0.717, 1.165) is 30.8 Å². The van der Waals surface area contributed by atoms with Crippen molar-refractivity contribution in [2.45, 2.75) is 25.3 Å². The monoisotopic (exact) mass is 331 g/mol. The first kappa shape index (κ1) is 16.2. The Morgan fingerprint density at radius 3 is 2.70 bits per heavy atom. The summed E-state index contributed by atoms with van der Waals surface area (Å²) in [5.41, 5.74) is 3.78. The van der Waals surface area contributed by atoms with Gasteiger partial charge in [-0.2, -0.15) is 0 Å². The topological polar surface area (TPSA) is 32.7 Å². The van der Waals surface area contributed by atoms with E-state index in [2.05, 4.69) is 24.1 Å². The summed E-state index contributed by atoms with van der Waals surface area (Å²) in [6.45, 7) is 1.02. The van der Waals surface area contributed by atoms with Gasteiger partial charge in [-0.1, -0.05) is 23.7 Å². The molecule has 0 bridgehead atoms. The van der Waals surface area contributed by atoms with E-state index in [1.807, 2.05) is 24.3 Å². The molecule has 23 heavy (non-hydrogen) atoms. The Balaban J connectivity index is 1.82. The van der Waals surface area contributed by atoms with E-state index in [-0.39, 0.29) is 5.75 Å². The van der Waals surface area contributed by atoms with Crippen LogP contribution < -0.4 is 4.74 Å². The minimum Gasteiger partial charge on any atom is -0.504 e. The molecular weight excluding hydrogens is 310 g/mol. The predicted molar refractivity (Wildman–Crippen MR) is 93.5 cm³/mol. The second kappa shape index (κ2) is 6.81. The molecule has 0 aliphatic carbocycles. The van der Waals surface area contributed by atoms with Gasteiger partial charge in [-0.15, -0.1) is 0 Å². The Labute approximate surface area is 142 Å². The van der Waals surface area contributed by atoms with Crippen molar-refractivity contribution in [3.8, 4) is 11.5 Å². The Morgan fingerprint density at radius 2 is 2.00 bits per heavy atom. The third-order valence-corrected chi connectivity index (χ3v) is 4.94. The molecule has 1 atom stereocenters. The molecule has 2 aromatic rings. The number of likely N-dealkylation sites (N-methyl/N-ethyl adjacent to an activating group) is 1. The quantitative estimate of drug-likeness (QED) is 0.910. The van der Waals surface area contributed by atoms with Crippen LogP contribution in [0.2, 0.25) is 5.02 Å². The van der Waals surface area contributed by atoms with Gasteiger partial charge in [0.2, 0.25) is 0 Å². The van der Waals surface area contributed by atoms with Crippen LogP contribution in [0.4, 0.5) is 0 Å². The molecule has 3 rings (SSSR count). The number of aromatic hydroxyl groups is 1. The van der Waals surface area contributed by atoms with Gasteiger partial charge in [-0.3, -0.25) is 4.90 Å². The van der Waals surface area contributed by atoms with Gasteiger partial charge < -0.3 is 9.84 Å². The first-order valence-corrected chi connectivity index (χ1v) is 8.30. The number of fused-ring (bicyclic) bond motifs is 1. The van der Waals surface area contributed by atoms with Crippen LogP contribution in [-0.4, -0.2) is 30.7 Å². The molecule has 3 nitrogen and oxygen atoms in total. The molecular formula is C19H22ClNO2. The second-order valence-electron chi connectivity index (χ2n) is 6.13. The number of hydrogen-bond acceptors (Lipinski definition) is 3. The number of benzene rings is 2. The van der Waals surface area contributed by atoms with Crippen LogP contribution in [0, 0.1) is 0 Å².